The van der Waals surface area contributed by atoms with Crippen LogP contribution >= 0.6 is 0 Å². The first-order chi connectivity index (χ1) is 18.6. The second-order valence-corrected chi connectivity index (χ2v) is 12.8. The number of ether oxygens (including phenoxy) is 2. The van der Waals surface area contributed by atoms with Crippen molar-refractivity contribution in [3.05, 3.63) is 71.8 Å². The van der Waals surface area contributed by atoms with Crippen LogP contribution in [0.1, 0.15) is 70.4 Å². The van der Waals surface area contributed by atoms with Crippen LogP contribution in [0.15, 0.2) is 60.7 Å². The van der Waals surface area contributed by atoms with E-state index in [0.29, 0.717) is 18.8 Å². The molecule has 3 aliphatic rings. The van der Waals surface area contributed by atoms with Crippen molar-refractivity contribution in [2.45, 2.75) is 90.2 Å². The van der Waals surface area contributed by atoms with Crippen molar-refractivity contribution in [3.8, 4) is 0 Å². The van der Waals surface area contributed by atoms with Gasteiger partial charge in [-0.2, -0.15) is 0 Å². The van der Waals surface area contributed by atoms with E-state index in [4.69, 9.17) is 9.47 Å². The van der Waals surface area contributed by atoms with Crippen LogP contribution < -0.4 is 0 Å². The fourth-order valence-electron chi connectivity index (χ4n) is 7.76. The van der Waals surface area contributed by atoms with Gasteiger partial charge in [-0.3, -0.25) is 9.69 Å². The third-order valence-electron chi connectivity index (χ3n) is 10.5. The van der Waals surface area contributed by atoms with Crippen molar-refractivity contribution in [1.29, 1.82) is 0 Å². The Balaban J connectivity index is 1.49. The second kappa shape index (κ2) is 10.6. The number of hydrogen-bond acceptors (Lipinski definition) is 4. The Morgan fingerprint density at radius 2 is 1.59 bits per heavy atom. The van der Waals surface area contributed by atoms with Crippen LogP contribution in [0.4, 0.5) is 4.79 Å². The largest absolute Gasteiger partial charge is 0.444 e. The lowest BCUT2D eigenvalue weighted by Crippen LogP contribution is -2.61. The van der Waals surface area contributed by atoms with Crippen molar-refractivity contribution < 1.29 is 19.1 Å². The summed E-state index contributed by atoms with van der Waals surface area (Å²) in [5.41, 5.74) is 1.82. The van der Waals surface area contributed by atoms with Gasteiger partial charge in [-0.15, -0.1) is 0 Å². The van der Waals surface area contributed by atoms with Gasteiger partial charge in [0.05, 0.1) is 5.60 Å². The molecule has 0 aromatic heterocycles. The minimum atomic E-state index is -0.731. The zero-order valence-electron chi connectivity index (χ0n) is 24.2. The Kier molecular flexibility index (Phi) is 7.53. The monoisotopic (exact) mass is 532 g/mol. The molecular formula is C33H44N2O4. The molecule has 0 radical (unpaired) electrons. The number of rotatable bonds is 7. The molecule has 6 nitrogen and oxygen atoms in total. The number of likely N-dealkylation sites (N-methyl/N-ethyl adjacent to an activating group) is 1. The lowest BCUT2D eigenvalue weighted by molar-refractivity contribution is -0.234. The van der Waals surface area contributed by atoms with Gasteiger partial charge in [-0.25, -0.2) is 4.79 Å². The molecular weight excluding hydrogens is 488 g/mol. The number of nitrogens with zero attached hydrogens (tertiary/aromatic N) is 2. The van der Waals surface area contributed by atoms with Crippen LogP contribution in [0.5, 0.6) is 0 Å². The standard InChI is InChI=1S/C33H44N2O4/c1-31(2)26-18-20-32(31,3)33(22-26)19-12-17-28(39-33)35(30(37)38-23-25-15-10-7-11-16-25)27(29(36)34(4)5)21-24-13-8-6-9-14-24/h6-11,13-16,26-28H,12,17-23H2,1-5H3/t26-,27-,28-,32-,33-/m1/s1. The highest BCUT2D eigenvalue weighted by molar-refractivity contribution is 5.86. The topological polar surface area (TPSA) is 59.1 Å². The van der Waals surface area contributed by atoms with Crippen LogP contribution in [-0.2, 0) is 27.3 Å². The Morgan fingerprint density at radius 3 is 2.15 bits per heavy atom. The maximum absolute atomic E-state index is 14.0. The number of benzene rings is 2. The fraction of sp³-hybridized carbons (Fsp3) is 0.576. The molecule has 6 heteroatoms. The molecule has 39 heavy (non-hydrogen) atoms. The molecule has 2 amide bonds. The van der Waals surface area contributed by atoms with E-state index >= 15 is 0 Å². The van der Waals surface area contributed by atoms with E-state index < -0.39 is 18.4 Å². The SMILES string of the molecule is CN(C)C(=O)[C@@H](Cc1ccccc1)N(C(=O)OCc1ccccc1)[C@H]1CCC[C@]2(C[C@H]3CC[C@]2(C)C3(C)C)O1. The Hall–Kier alpha value is -2.86. The Labute approximate surface area is 233 Å². The zero-order valence-corrected chi connectivity index (χ0v) is 24.2. The van der Waals surface area contributed by atoms with Crippen molar-refractivity contribution >= 4 is 12.0 Å². The molecule has 1 heterocycles. The number of amides is 2. The molecule has 5 atom stereocenters. The van der Waals surface area contributed by atoms with Crippen molar-refractivity contribution in [2.75, 3.05) is 14.1 Å². The van der Waals surface area contributed by atoms with E-state index in [2.05, 4.69) is 20.8 Å². The molecule has 1 aliphatic heterocycles. The lowest BCUT2D eigenvalue weighted by atomic mass is 9.62. The summed E-state index contributed by atoms with van der Waals surface area (Å²) in [6.07, 6.45) is 5.42. The van der Waals surface area contributed by atoms with E-state index in [0.717, 1.165) is 36.8 Å². The minimum Gasteiger partial charge on any atom is -0.444 e. The Bertz CT molecular complexity index is 1170. The average Bonchev–Trinajstić information content (AvgIpc) is 3.24. The number of carbonyl (C=O) groups excluding carboxylic acids is 2. The molecule has 0 N–H and O–H groups in total. The van der Waals surface area contributed by atoms with Gasteiger partial charge in [0.2, 0.25) is 5.91 Å². The zero-order chi connectivity index (χ0) is 27.8. The summed E-state index contributed by atoms with van der Waals surface area (Å²) < 4.78 is 13.1. The summed E-state index contributed by atoms with van der Waals surface area (Å²) in [5, 5.41) is 0. The molecule has 2 saturated carbocycles. The first kappa shape index (κ1) is 27.7. The van der Waals surface area contributed by atoms with Crippen LogP contribution in [0.25, 0.3) is 0 Å². The fourth-order valence-corrected chi connectivity index (χ4v) is 7.76. The maximum Gasteiger partial charge on any atom is 0.412 e. The summed E-state index contributed by atoms with van der Waals surface area (Å²) in [4.78, 5) is 31.0. The highest BCUT2D eigenvalue weighted by Crippen LogP contribution is 2.72. The van der Waals surface area contributed by atoms with Crippen LogP contribution in [-0.4, -0.2) is 53.8 Å². The molecule has 2 bridgehead atoms. The second-order valence-electron chi connectivity index (χ2n) is 12.8. The van der Waals surface area contributed by atoms with Crippen LogP contribution in [0.2, 0.25) is 0 Å². The number of hydrogen-bond donors (Lipinski definition) is 0. The summed E-state index contributed by atoms with van der Waals surface area (Å²) in [7, 11) is 3.49. The summed E-state index contributed by atoms with van der Waals surface area (Å²) in [5.74, 6) is 0.487. The van der Waals surface area contributed by atoms with Gasteiger partial charge >= 0.3 is 6.09 Å². The van der Waals surface area contributed by atoms with Crippen molar-refractivity contribution in [2.24, 2.45) is 16.7 Å². The molecule has 5 rings (SSSR count). The van der Waals surface area contributed by atoms with Gasteiger partial charge in [0.15, 0.2) is 0 Å². The molecule has 2 aromatic rings. The Morgan fingerprint density at radius 1 is 0.949 bits per heavy atom. The van der Waals surface area contributed by atoms with Gasteiger partial charge in [-0.1, -0.05) is 81.4 Å². The van der Waals surface area contributed by atoms with Gasteiger partial charge < -0.3 is 14.4 Å². The van der Waals surface area contributed by atoms with E-state index in [1.165, 1.54) is 6.42 Å². The smallest absolute Gasteiger partial charge is 0.412 e. The maximum atomic E-state index is 14.0. The first-order valence-electron chi connectivity index (χ1n) is 14.5. The van der Waals surface area contributed by atoms with Gasteiger partial charge in [0.25, 0.3) is 0 Å². The van der Waals surface area contributed by atoms with Crippen molar-refractivity contribution in [3.63, 3.8) is 0 Å². The number of fused-ring (bicyclic) bond motifs is 3. The predicted molar refractivity (Wildman–Crippen MR) is 152 cm³/mol. The van der Waals surface area contributed by atoms with Crippen LogP contribution in [0.3, 0.4) is 0 Å². The average molecular weight is 533 g/mol. The molecule has 210 valence electrons. The van der Waals surface area contributed by atoms with Gasteiger partial charge in [0, 0.05) is 25.9 Å². The van der Waals surface area contributed by atoms with E-state index in [1.54, 1.807) is 23.9 Å². The molecule has 0 unspecified atom stereocenters. The van der Waals surface area contributed by atoms with E-state index in [9.17, 15) is 9.59 Å². The lowest BCUT2D eigenvalue weighted by Gasteiger charge is -2.54. The molecule has 3 fully saturated rings. The van der Waals surface area contributed by atoms with Crippen molar-refractivity contribution in [1.82, 2.24) is 9.80 Å². The minimum absolute atomic E-state index is 0.0312. The molecule has 2 aromatic carbocycles. The first-order valence-corrected chi connectivity index (χ1v) is 14.5. The summed E-state index contributed by atoms with van der Waals surface area (Å²) in [6, 6.07) is 18.9. The highest BCUT2D eigenvalue weighted by Gasteiger charge is 2.70. The summed E-state index contributed by atoms with van der Waals surface area (Å²) in [6.45, 7) is 7.33. The van der Waals surface area contributed by atoms with Crippen LogP contribution in [0, 0.1) is 16.7 Å². The molecule has 1 saturated heterocycles. The highest BCUT2D eigenvalue weighted by atomic mass is 16.6. The van der Waals surface area contributed by atoms with Gasteiger partial charge in [0.1, 0.15) is 18.9 Å². The van der Waals surface area contributed by atoms with E-state index in [-0.39, 0.29) is 28.9 Å². The normalized spacial score (nSPS) is 29.7. The molecule has 1 spiro atoms. The third kappa shape index (κ3) is 4.86. The predicted octanol–water partition coefficient (Wildman–Crippen LogP) is 6.44. The number of carbonyl (C=O) groups is 2. The van der Waals surface area contributed by atoms with E-state index in [1.807, 2.05) is 60.7 Å². The quantitative estimate of drug-likeness (QED) is 0.412. The third-order valence-corrected chi connectivity index (χ3v) is 10.5. The molecule has 2 aliphatic carbocycles. The van der Waals surface area contributed by atoms with Gasteiger partial charge in [-0.05, 0) is 61.0 Å². The summed E-state index contributed by atoms with van der Waals surface area (Å²) >= 11 is 0.